The van der Waals surface area contributed by atoms with Crippen LogP contribution in [0.5, 0.6) is 11.5 Å². The lowest BCUT2D eigenvalue weighted by Crippen LogP contribution is -2.51. The van der Waals surface area contributed by atoms with E-state index in [9.17, 15) is 18.0 Å². The van der Waals surface area contributed by atoms with Gasteiger partial charge in [0.2, 0.25) is 11.8 Å². The molecule has 0 bridgehead atoms. The minimum Gasteiger partial charge on any atom is -0.493 e. The lowest BCUT2D eigenvalue weighted by molar-refractivity contribution is -0.139. The van der Waals surface area contributed by atoms with E-state index >= 15 is 0 Å². The summed E-state index contributed by atoms with van der Waals surface area (Å²) < 4.78 is 39.7. The molecule has 3 rings (SSSR count). The van der Waals surface area contributed by atoms with Gasteiger partial charge >= 0.3 is 0 Å². The molecule has 0 aliphatic rings. The number of likely N-dealkylation sites (N-methyl/N-ethyl adjacent to an activating group) is 1. The van der Waals surface area contributed by atoms with Crippen LogP contribution in [0.25, 0.3) is 0 Å². The SMILES string of the molecule is CCNC(=O)[C@@H](C)N(Cc1ccc(Cl)c(Cl)c1)C(=O)CN(c1ccc(C)cc1)S(=O)(=O)c1ccc(OC)c(OC)c1. The second-order valence-electron chi connectivity index (χ2n) is 9.20. The van der Waals surface area contributed by atoms with E-state index in [1.807, 2.05) is 6.92 Å². The molecule has 0 radical (unpaired) electrons. The first kappa shape index (κ1) is 32.0. The van der Waals surface area contributed by atoms with Crippen molar-refractivity contribution in [2.24, 2.45) is 0 Å². The highest BCUT2D eigenvalue weighted by Gasteiger charge is 2.33. The van der Waals surface area contributed by atoms with Crippen molar-refractivity contribution >= 4 is 50.7 Å². The van der Waals surface area contributed by atoms with Gasteiger partial charge in [0.25, 0.3) is 10.0 Å². The van der Waals surface area contributed by atoms with Crippen molar-refractivity contribution in [1.29, 1.82) is 0 Å². The number of sulfonamides is 1. The van der Waals surface area contributed by atoms with Crippen molar-refractivity contribution in [3.63, 3.8) is 0 Å². The smallest absolute Gasteiger partial charge is 0.264 e. The quantitative estimate of drug-likeness (QED) is 0.303. The van der Waals surface area contributed by atoms with Crippen molar-refractivity contribution in [3.05, 3.63) is 81.8 Å². The predicted molar refractivity (Wildman–Crippen MR) is 160 cm³/mol. The molecule has 12 heteroatoms. The first-order valence-corrected chi connectivity index (χ1v) is 14.9. The monoisotopic (exact) mass is 621 g/mol. The van der Waals surface area contributed by atoms with E-state index < -0.39 is 28.5 Å². The Morgan fingerprint density at radius 1 is 0.927 bits per heavy atom. The summed E-state index contributed by atoms with van der Waals surface area (Å²) in [5.74, 6) is -0.409. The van der Waals surface area contributed by atoms with Gasteiger partial charge in [-0.1, -0.05) is 47.0 Å². The second-order valence-corrected chi connectivity index (χ2v) is 11.9. The molecule has 3 aromatic rings. The standard InChI is InChI=1S/C29H33Cl2N3O6S/c1-6-32-29(36)20(3)33(17-21-9-13-24(30)25(31)15-21)28(35)18-34(22-10-7-19(2)8-11-22)41(37,38)23-12-14-26(39-4)27(16-23)40-5/h7-16,20H,6,17-18H2,1-5H3,(H,32,36)/t20-/m1/s1. The molecule has 0 fully saturated rings. The molecule has 0 saturated carbocycles. The van der Waals surface area contributed by atoms with E-state index in [0.29, 0.717) is 27.9 Å². The molecule has 9 nitrogen and oxygen atoms in total. The van der Waals surface area contributed by atoms with Gasteiger partial charge in [-0.3, -0.25) is 13.9 Å². The lowest BCUT2D eigenvalue weighted by Gasteiger charge is -2.32. The van der Waals surface area contributed by atoms with E-state index in [-0.39, 0.29) is 28.8 Å². The number of methoxy groups -OCH3 is 2. The largest absolute Gasteiger partial charge is 0.493 e. The summed E-state index contributed by atoms with van der Waals surface area (Å²) in [5, 5.41) is 3.36. The van der Waals surface area contributed by atoms with Crippen LogP contribution in [0.2, 0.25) is 10.0 Å². The summed E-state index contributed by atoms with van der Waals surface area (Å²) >= 11 is 12.3. The molecule has 41 heavy (non-hydrogen) atoms. The Morgan fingerprint density at radius 3 is 2.17 bits per heavy atom. The molecule has 3 aromatic carbocycles. The van der Waals surface area contributed by atoms with Crippen LogP contribution in [0.15, 0.2) is 65.6 Å². The van der Waals surface area contributed by atoms with E-state index in [1.165, 1.54) is 37.3 Å². The number of nitrogens with one attached hydrogen (secondary N) is 1. The fourth-order valence-electron chi connectivity index (χ4n) is 4.08. The Kier molecular flexibility index (Phi) is 10.9. The van der Waals surface area contributed by atoms with Crippen molar-refractivity contribution in [3.8, 4) is 11.5 Å². The normalized spacial score (nSPS) is 11.9. The second kappa shape index (κ2) is 13.9. The van der Waals surface area contributed by atoms with Gasteiger partial charge in [-0.05, 0) is 62.7 Å². The summed E-state index contributed by atoms with van der Waals surface area (Å²) in [5.41, 5.74) is 1.81. The number of hydrogen-bond donors (Lipinski definition) is 1. The van der Waals surface area contributed by atoms with Gasteiger partial charge in [0.05, 0.1) is 34.8 Å². The molecule has 220 valence electrons. The number of halogens is 2. The summed E-state index contributed by atoms with van der Waals surface area (Å²) in [4.78, 5) is 28.0. The van der Waals surface area contributed by atoms with Crippen molar-refractivity contribution in [2.75, 3.05) is 31.6 Å². The Morgan fingerprint density at radius 2 is 1.59 bits per heavy atom. The Balaban J connectivity index is 2.07. The van der Waals surface area contributed by atoms with Gasteiger partial charge in [0.1, 0.15) is 12.6 Å². The zero-order valence-corrected chi connectivity index (χ0v) is 25.8. The van der Waals surface area contributed by atoms with Crippen LogP contribution in [0.1, 0.15) is 25.0 Å². The maximum Gasteiger partial charge on any atom is 0.264 e. The molecule has 0 aromatic heterocycles. The number of carbonyl (C=O) groups is 2. The fourth-order valence-corrected chi connectivity index (χ4v) is 5.83. The van der Waals surface area contributed by atoms with E-state index in [0.717, 1.165) is 9.87 Å². The molecule has 0 aliphatic heterocycles. The van der Waals surface area contributed by atoms with Crippen LogP contribution in [-0.4, -0.2) is 58.5 Å². The molecule has 0 unspecified atom stereocenters. The Bertz CT molecular complexity index is 1500. The van der Waals surface area contributed by atoms with Gasteiger partial charge in [-0.2, -0.15) is 0 Å². The molecule has 0 spiro atoms. The van der Waals surface area contributed by atoms with Gasteiger partial charge in [0, 0.05) is 19.2 Å². The van der Waals surface area contributed by atoms with E-state index in [2.05, 4.69) is 5.32 Å². The molecule has 0 saturated heterocycles. The van der Waals surface area contributed by atoms with Crippen molar-refractivity contribution < 1.29 is 27.5 Å². The molecular weight excluding hydrogens is 589 g/mol. The number of amides is 2. The molecule has 0 aliphatic carbocycles. The Hall–Kier alpha value is -3.47. The highest BCUT2D eigenvalue weighted by Crippen LogP contribution is 2.32. The van der Waals surface area contributed by atoms with Crippen molar-refractivity contribution in [2.45, 2.75) is 38.3 Å². The van der Waals surface area contributed by atoms with Gasteiger partial charge in [0.15, 0.2) is 11.5 Å². The van der Waals surface area contributed by atoms with Gasteiger partial charge in [-0.15, -0.1) is 0 Å². The average Bonchev–Trinajstić information content (AvgIpc) is 2.96. The van der Waals surface area contributed by atoms with Crippen LogP contribution >= 0.6 is 23.2 Å². The summed E-state index contributed by atoms with van der Waals surface area (Å²) in [7, 11) is -1.44. The topological polar surface area (TPSA) is 105 Å². The minimum absolute atomic E-state index is 0.00777. The molecule has 1 atom stereocenters. The molecular formula is C29H33Cl2N3O6S. The number of rotatable bonds is 12. The van der Waals surface area contributed by atoms with Crippen molar-refractivity contribution in [1.82, 2.24) is 10.2 Å². The number of nitrogens with zero attached hydrogens (tertiary/aromatic N) is 2. The van der Waals surface area contributed by atoms with E-state index in [4.69, 9.17) is 32.7 Å². The number of anilines is 1. The predicted octanol–water partition coefficient (Wildman–Crippen LogP) is 5.07. The first-order valence-electron chi connectivity index (χ1n) is 12.8. The highest BCUT2D eigenvalue weighted by molar-refractivity contribution is 7.92. The third-order valence-electron chi connectivity index (χ3n) is 6.40. The Labute approximate surface area is 251 Å². The zero-order chi connectivity index (χ0) is 30.3. The van der Waals surface area contributed by atoms with Crippen LogP contribution in [0, 0.1) is 6.92 Å². The summed E-state index contributed by atoms with van der Waals surface area (Å²) in [6.45, 7) is 5.00. The average molecular weight is 623 g/mol. The minimum atomic E-state index is -4.28. The zero-order valence-electron chi connectivity index (χ0n) is 23.5. The number of aryl methyl sites for hydroxylation is 1. The summed E-state index contributed by atoms with van der Waals surface area (Å²) in [6, 6.07) is 14.9. The van der Waals surface area contributed by atoms with Gasteiger partial charge in [-0.25, -0.2) is 8.42 Å². The van der Waals surface area contributed by atoms with Crippen LogP contribution in [-0.2, 0) is 26.2 Å². The molecule has 2 amide bonds. The van der Waals surface area contributed by atoms with Gasteiger partial charge < -0.3 is 19.7 Å². The molecule has 1 N–H and O–H groups in total. The summed E-state index contributed by atoms with van der Waals surface area (Å²) in [6.07, 6.45) is 0. The lowest BCUT2D eigenvalue weighted by atomic mass is 10.1. The highest BCUT2D eigenvalue weighted by atomic mass is 35.5. The van der Waals surface area contributed by atoms with E-state index in [1.54, 1.807) is 56.3 Å². The van der Waals surface area contributed by atoms with Crippen LogP contribution in [0.4, 0.5) is 5.69 Å². The molecule has 0 heterocycles. The third kappa shape index (κ3) is 7.63. The maximum absolute atomic E-state index is 14.0. The number of ether oxygens (including phenoxy) is 2. The third-order valence-corrected chi connectivity index (χ3v) is 8.91. The maximum atomic E-state index is 14.0. The fraction of sp³-hybridized carbons (Fsp3) is 0.310. The number of benzene rings is 3. The number of hydrogen-bond acceptors (Lipinski definition) is 6. The first-order chi connectivity index (χ1) is 19.4. The van der Waals surface area contributed by atoms with Crippen LogP contribution in [0.3, 0.4) is 0 Å². The van der Waals surface area contributed by atoms with Crippen LogP contribution < -0.4 is 19.1 Å². The number of carbonyl (C=O) groups excluding carboxylic acids is 2.